The van der Waals surface area contributed by atoms with Gasteiger partial charge >= 0.3 is 99.1 Å². The van der Waals surface area contributed by atoms with Gasteiger partial charge in [0.15, 0.2) is 5.78 Å². The fourth-order valence-electron chi connectivity index (χ4n) is 3.26. The third kappa shape index (κ3) is 8.33. The number of nitrogens with zero attached hydrogens (tertiary/aromatic N) is 1. The Morgan fingerprint density at radius 3 is 2.38 bits per heavy atom. The number of carbonyl (C=O) groups is 1. The molecule has 0 aliphatic heterocycles. The molecule has 0 fully saturated rings. The second kappa shape index (κ2) is 15.2. The average Bonchev–Trinajstić information content (AvgIpc) is 3.27. The van der Waals surface area contributed by atoms with Crippen LogP contribution in [0.3, 0.4) is 0 Å². The van der Waals surface area contributed by atoms with Gasteiger partial charge in [-0.25, -0.2) is 0 Å². The molecule has 0 saturated heterocycles. The van der Waals surface area contributed by atoms with Gasteiger partial charge in [0.05, 0.1) is 5.76 Å². The van der Waals surface area contributed by atoms with Crippen LogP contribution in [0.15, 0.2) is 59.4 Å². The van der Waals surface area contributed by atoms with E-state index in [4.69, 9.17) is 4.74 Å². The van der Waals surface area contributed by atoms with Crippen molar-refractivity contribution < 1.29 is 34.7 Å². The molecule has 32 heavy (non-hydrogen) atoms. The number of pyridine rings is 1. The molecule has 0 saturated carbocycles. The molecule has 0 spiro atoms. The van der Waals surface area contributed by atoms with E-state index in [0.29, 0.717) is 26.1 Å². The zero-order valence-electron chi connectivity index (χ0n) is 19.1. The number of fused-ring (bicyclic) bond motifs is 1. The van der Waals surface area contributed by atoms with Gasteiger partial charge in [0.2, 0.25) is 0 Å². The Bertz CT molecular complexity index is 963. The number of rotatable bonds is 9. The van der Waals surface area contributed by atoms with Crippen LogP contribution in [0.25, 0.3) is 9.65 Å². The maximum atomic E-state index is 11.7. The van der Waals surface area contributed by atoms with Crippen LogP contribution < -0.4 is 4.74 Å². The first-order valence-electron chi connectivity index (χ1n) is 10.9. The molecule has 2 aromatic heterocycles. The molecular weight excluding hydrogens is 645 g/mol. The van der Waals surface area contributed by atoms with Crippen LogP contribution >= 0.6 is 0 Å². The van der Waals surface area contributed by atoms with E-state index in [9.17, 15) is 9.90 Å². The molecule has 0 atom stereocenters. The number of benzene rings is 1. The number of hydrogen-bond acceptors (Lipinski definition) is 4. The van der Waals surface area contributed by atoms with E-state index < -0.39 is 0 Å². The molecular formula is C26H32IrNO3Se-. The van der Waals surface area contributed by atoms with Crippen molar-refractivity contribution in [2.45, 2.75) is 53.4 Å². The minimum absolute atomic E-state index is 0. The Morgan fingerprint density at radius 2 is 1.78 bits per heavy atom. The summed E-state index contributed by atoms with van der Waals surface area (Å²) < 4.78 is 6.95. The van der Waals surface area contributed by atoms with Gasteiger partial charge in [0, 0.05) is 38.0 Å². The second-order valence-electron chi connectivity index (χ2n) is 7.28. The standard InChI is InChI=1S/C13H8NOSe.C13H24O2.Ir/c1-2-4-11(5-3-1)15-13-12-10(6-8-14-13)7-9-16-12;1-5-10(6-2)12(14)9-13(15)11(7-3)8-4;/h1-4,6-9H;9-11,14H,5-8H2,1-4H3;/q-1;;/b;12-9-;. The van der Waals surface area contributed by atoms with Crippen molar-refractivity contribution in [2.24, 2.45) is 11.8 Å². The predicted octanol–water partition coefficient (Wildman–Crippen LogP) is 6.75. The molecule has 3 rings (SSSR count). The minimum atomic E-state index is 0. The number of aromatic nitrogens is 1. The molecule has 3 aromatic rings. The maximum absolute atomic E-state index is 11.7. The summed E-state index contributed by atoms with van der Waals surface area (Å²) in [4.78, 5) is 18.2. The van der Waals surface area contributed by atoms with Crippen molar-refractivity contribution in [3.63, 3.8) is 0 Å². The summed E-state index contributed by atoms with van der Waals surface area (Å²) in [6.07, 6.45) is 6.69. The first-order chi connectivity index (χ1) is 15.0. The van der Waals surface area contributed by atoms with Crippen LogP contribution in [0.1, 0.15) is 53.4 Å². The molecule has 0 unspecified atom stereocenters. The Kier molecular flexibility index (Phi) is 13.4. The number of allylic oxidation sites excluding steroid dienone is 2. The number of aliphatic hydroxyl groups is 1. The number of para-hydroxylation sites is 1. The van der Waals surface area contributed by atoms with E-state index in [1.165, 1.54) is 15.7 Å². The van der Waals surface area contributed by atoms with Crippen molar-refractivity contribution >= 4 is 29.9 Å². The second-order valence-corrected chi connectivity index (χ2v) is 9.20. The van der Waals surface area contributed by atoms with Gasteiger partial charge in [0.25, 0.3) is 0 Å². The summed E-state index contributed by atoms with van der Waals surface area (Å²) >= 11 is 0.341. The van der Waals surface area contributed by atoms with Gasteiger partial charge in [0.1, 0.15) is 0 Å². The van der Waals surface area contributed by atoms with E-state index in [1.807, 2.05) is 58.0 Å². The summed E-state index contributed by atoms with van der Waals surface area (Å²) in [5.74, 6) is 1.97. The van der Waals surface area contributed by atoms with Crippen molar-refractivity contribution in [1.82, 2.24) is 4.98 Å². The Hall–Kier alpha value is -1.71. The van der Waals surface area contributed by atoms with E-state index in [0.717, 1.165) is 25.7 Å². The van der Waals surface area contributed by atoms with Crippen molar-refractivity contribution in [3.05, 3.63) is 65.4 Å². The fourth-order valence-corrected chi connectivity index (χ4v) is 4.98. The molecule has 1 radical (unpaired) electrons. The number of ketones is 1. The molecule has 175 valence electrons. The Labute approximate surface area is 211 Å². The monoisotopic (exact) mass is 679 g/mol. The molecule has 1 N–H and O–H groups in total. The first kappa shape index (κ1) is 28.3. The third-order valence-corrected chi connectivity index (χ3v) is 7.23. The summed E-state index contributed by atoms with van der Waals surface area (Å²) in [5, 5.41) is 11.0. The van der Waals surface area contributed by atoms with Crippen LogP contribution in [-0.4, -0.2) is 30.4 Å². The third-order valence-electron chi connectivity index (χ3n) is 5.30. The molecule has 0 amide bonds. The number of hydrogen-bond donors (Lipinski definition) is 1. The van der Waals surface area contributed by atoms with Crippen LogP contribution in [-0.2, 0) is 24.9 Å². The number of ether oxygens (including phenoxy) is 1. The van der Waals surface area contributed by atoms with Crippen LogP contribution in [0.5, 0.6) is 11.6 Å². The van der Waals surface area contributed by atoms with Gasteiger partial charge in [-0.2, -0.15) is 0 Å². The van der Waals surface area contributed by atoms with Crippen LogP contribution in [0, 0.1) is 17.9 Å². The molecule has 2 heterocycles. The SMILES string of the molecule is CCC(CC)C(=O)/C=C(\O)C(CC)CC.[Ir].[c-]1ccccc1Oc1nccc2cc[se]c12. The van der Waals surface area contributed by atoms with Crippen molar-refractivity contribution in [1.29, 1.82) is 0 Å². The van der Waals surface area contributed by atoms with E-state index in [1.54, 1.807) is 6.20 Å². The first-order valence-corrected chi connectivity index (χ1v) is 12.8. The van der Waals surface area contributed by atoms with Gasteiger partial charge in [-0.15, -0.1) is 0 Å². The van der Waals surface area contributed by atoms with E-state index in [-0.39, 0.29) is 43.5 Å². The predicted molar refractivity (Wildman–Crippen MR) is 128 cm³/mol. The molecule has 0 aliphatic rings. The molecule has 0 aliphatic carbocycles. The summed E-state index contributed by atoms with van der Waals surface area (Å²) in [7, 11) is 0. The topological polar surface area (TPSA) is 59.4 Å². The number of carbonyl (C=O) groups excluding carboxylic acids is 1. The fraction of sp³-hybridized carbons (Fsp3) is 0.385. The van der Waals surface area contributed by atoms with Crippen LogP contribution in [0.2, 0.25) is 0 Å². The summed E-state index contributed by atoms with van der Waals surface area (Å²) in [5.41, 5.74) is 0. The molecule has 6 heteroatoms. The van der Waals surface area contributed by atoms with Gasteiger partial charge in [-0.3, -0.25) is 4.79 Å². The normalized spacial score (nSPS) is 11.1. The summed E-state index contributed by atoms with van der Waals surface area (Å²) in [6, 6.07) is 14.7. The molecule has 0 bridgehead atoms. The Morgan fingerprint density at radius 1 is 1.09 bits per heavy atom. The van der Waals surface area contributed by atoms with E-state index in [2.05, 4.69) is 22.1 Å². The average molecular weight is 678 g/mol. The molecule has 1 aromatic carbocycles. The van der Waals surface area contributed by atoms with Crippen molar-refractivity contribution in [2.75, 3.05) is 0 Å². The molecule has 4 nitrogen and oxygen atoms in total. The van der Waals surface area contributed by atoms with Gasteiger partial charge < -0.3 is 5.11 Å². The van der Waals surface area contributed by atoms with Crippen LogP contribution in [0.4, 0.5) is 0 Å². The van der Waals surface area contributed by atoms with E-state index >= 15 is 0 Å². The zero-order valence-corrected chi connectivity index (χ0v) is 23.2. The van der Waals surface area contributed by atoms with Gasteiger partial charge in [-0.05, 0) is 25.7 Å². The zero-order chi connectivity index (χ0) is 22.6. The summed E-state index contributed by atoms with van der Waals surface area (Å²) in [6.45, 7) is 8.07. The quantitative estimate of drug-likeness (QED) is 0.118. The van der Waals surface area contributed by atoms with Crippen molar-refractivity contribution in [3.8, 4) is 11.6 Å². The number of aliphatic hydroxyl groups excluding tert-OH is 1. The Balaban J connectivity index is 0.000000312. The van der Waals surface area contributed by atoms with Gasteiger partial charge in [-0.1, -0.05) is 27.7 Å².